The number of hydrogen-bond acceptors (Lipinski definition) is 8. The van der Waals surface area contributed by atoms with E-state index in [1.54, 1.807) is 22.7 Å². The summed E-state index contributed by atoms with van der Waals surface area (Å²) in [6, 6.07) is 20.4. The zero-order valence-corrected chi connectivity index (χ0v) is 24.8. The number of thiazole rings is 2. The van der Waals surface area contributed by atoms with Gasteiger partial charge in [-0.3, -0.25) is 9.11 Å². The molecule has 14 heteroatoms. The van der Waals surface area contributed by atoms with Crippen molar-refractivity contribution in [1.29, 1.82) is 0 Å². The van der Waals surface area contributed by atoms with Gasteiger partial charge in [0.25, 0.3) is 20.2 Å². The zero-order valence-electron chi connectivity index (χ0n) is 20.0. The number of benzene rings is 2. The molecule has 0 bridgehead atoms. The fourth-order valence-electron chi connectivity index (χ4n) is 2.94. The van der Waals surface area contributed by atoms with Gasteiger partial charge in [0.15, 0.2) is 0 Å². The molecular formula is C24H26Cl2N2O6S4. The minimum absolute atomic E-state index is 0.655. The van der Waals surface area contributed by atoms with Gasteiger partial charge in [-0.05, 0) is 12.8 Å². The Bertz CT molecular complexity index is 1330. The Morgan fingerprint density at radius 3 is 1.26 bits per heavy atom. The number of nitrogens with zero attached hydrogens (tertiary/aromatic N) is 2. The van der Waals surface area contributed by atoms with Crippen molar-refractivity contribution in [3.05, 3.63) is 81.4 Å². The predicted molar refractivity (Wildman–Crippen MR) is 157 cm³/mol. The Balaban J connectivity index is 0.000000204. The summed E-state index contributed by atoms with van der Waals surface area (Å²) >= 11 is 14.8. The highest BCUT2D eigenvalue weighted by Gasteiger charge is 2.11. The number of alkyl halides is 2. The van der Waals surface area contributed by atoms with E-state index in [-0.39, 0.29) is 0 Å². The average Bonchev–Trinajstić information content (AvgIpc) is 3.54. The van der Waals surface area contributed by atoms with Crippen LogP contribution in [-0.2, 0) is 33.1 Å². The summed E-state index contributed by atoms with van der Waals surface area (Å²) in [7, 11) is -8.59. The monoisotopic (exact) mass is 636 g/mol. The Labute approximate surface area is 240 Å². The van der Waals surface area contributed by atoms with Gasteiger partial charge >= 0.3 is 0 Å². The quantitative estimate of drug-likeness (QED) is 0.170. The average molecular weight is 638 g/mol. The van der Waals surface area contributed by atoms with Crippen LogP contribution in [0.25, 0.3) is 22.5 Å². The van der Waals surface area contributed by atoms with Crippen LogP contribution < -0.4 is 0 Å². The van der Waals surface area contributed by atoms with E-state index < -0.39 is 31.7 Å². The largest absolute Gasteiger partial charge is 0.286 e. The molecule has 206 valence electrons. The minimum Gasteiger partial charge on any atom is -0.286 e. The van der Waals surface area contributed by atoms with Crippen molar-refractivity contribution in [3.8, 4) is 22.5 Å². The van der Waals surface area contributed by atoms with Crippen LogP contribution in [-0.4, -0.2) is 59.2 Å². The Hall–Kier alpha value is -1.90. The maximum Gasteiger partial charge on any atom is 0.265 e. The fourth-order valence-corrected chi connectivity index (χ4v) is 6.80. The van der Waals surface area contributed by atoms with E-state index in [4.69, 9.17) is 32.3 Å². The smallest absolute Gasteiger partial charge is 0.265 e. The van der Waals surface area contributed by atoms with E-state index >= 15 is 0 Å². The molecule has 4 rings (SSSR count). The zero-order chi connectivity index (χ0) is 28.0. The summed E-state index contributed by atoms with van der Waals surface area (Å²) in [6.07, 6.45) is 1.80. The molecule has 38 heavy (non-hydrogen) atoms. The highest BCUT2D eigenvalue weighted by molar-refractivity contribution is 7.89. The highest BCUT2D eigenvalue weighted by atomic mass is 35.5. The summed E-state index contributed by atoms with van der Waals surface area (Å²) in [6.45, 7) is 0. The molecule has 0 spiro atoms. The third kappa shape index (κ3) is 12.3. The number of hydrogen-bond donors (Lipinski definition) is 2. The third-order valence-corrected chi connectivity index (χ3v) is 8.48. The molecule has 0 unspecified atom stereocenters. The first-order valence-corrected chi connectivity index (χ1v) is 17.1. The van der Waals surface area contributed by atoms with Crippen LogP contribution in [0.5, 0.6) is 0 Å². The molecule has 0 amide bonds. The van der Waals surface area contributed by atoms with Crippen molar-refractivity contribution in [2.24, 2.45) is 0 Å². The molecule has 8 nitrogen and oxygen atoms in total. The predicted octanol–water partition coefficient (Wildman–Crippen LogP) is 5.94. The summed E-state index contributed by atoms with van der Waals surface area (Å²) in [5.74, 6) is -0.651. The Kier molecular flexibility index (Phi) is 13.8. The summed E-state index contributed by atoms with van der Waals surface area (Å²) in [5, 5.41) is 0. The van der Waals surface area contributed by atoms with Crippen LogP contribution in [0.2, 0.25) is 0 Å². The van der Waals surface area contributed by atoms with Gasteiger partial charge in [0.1, 0.15) is 0 Å². The Morgan fingerprint density at radius 2 is 0.974 bits per heavy atom. The molecule has 0 atom stereocenters. The van der Waals surface area contributed by atoms with Crippen molar-refractivity contribution in [2.45, 2.75) is 12.8 Å². The first-order valence-electron chi connectivity index (χ1n) is 11.0. The first kappa shape index (κ1) is 32.3. The van der Waals surface area contributed by atoms with Crippen LogP contribution in [0.15, 0.2) is 71.7 Å². The second kappa shape index (κ2) is 16.3. The normalized spacial score (nSPS) is 11.2. The van der Waals surface area contributed by atoms with Crippen molar-refractivity contribution in [3.63, 3.8) is 0 Å². The van der Waals surface area contributed by atoms with E-state index in [2.05, 4.69) is 34.2 Å². The molecule has 2 aromatic carbocycles. The highest BCUT2D eigenvalue weighted by Crippen LogP contribution is 2.26. The maximum atomic E-state index is 9.86. The lowest BCUT2D eigenvalue weighted by Crippen LogP contribution is -2.15. The SMILES string of the molecule is ClCCc1scnc1-c1ccccc1.ClCCc1scnc1-c1ccccc1.O=S(=O)(O)CCS(=O)(=O)O. The van der Waals surface area contributed by atoms with Gasteiger partial charge in [-0.15, -0.1) is 45.9 Å². The van der Waals surface area contributed by atoms with E-state index in [1.807, 2.05) is 47.4 Å². The van der Waals surface area contributed by atoms with E-state index in [0.717, 1.165) is 24.2 Å². The second-order valence-electron chi connectivity index (χ2n) is 7.43. The summed E-state index contributed by atoms with van der Waals surface area (Å²) in [5.41, 5.74) is 8.27. The molecule has 0 aliphatic rings. The minimum atomic E-state index is -4.30. The van der Waals surface area contributed by atoms with E-state index in [9.17, 15) is 16.8 Å². The lowest BCUT2D eigenvalue weighted by molar-refractivity contribution is 0.472. The summed E-state index contributed by atoms with van der Waals surface area (Å²) in [4.78, 5) is 11.3. The van der Waals surface area contributed by atoms with Gasteiger partial charge < -0.3 is 0 Å². The number of rotatable bonds is 9. The molecule has 0 radical (unpaired) electrons. The molecule has 0 aliphatic heterocycles. The van der Waals surface area contributed by atoms with Crippen LogP contribution in [0.3, 0.4) is 0 Å². The van der Waals surface area contributed by atoms with Crippen LogP contribution >= 0.6 is 45.9 Å². The molecule has 2 heterocycles. The van der Waals surface area contributed by atoms with Crippen LogP contribution in [0.1, 0.15) is 9.75 Å². The second-order valence-corrected chi connectivity index (χ2v) is 13.2. The standard InChI is InChI=1S/2C11H10ClNS.C2H6O6S2/c2*12-7-6-10-11(13-8-14-10)9-4-2-1-3-5-9;3-9(4,5)1-2-10(6,7)8/h2*1-5,8H,6-7H2;1-2H2,(H,3,4,5)(H,6,7,8). The maximum absolute atomic E-state index is 9.86. The van der Waals surface area contributed by atoms with Crippen molar-refractivity contribution < 1.29 is 25.9 Å². The van der Waals surface area contributed by atoms with Gasteiger partial charge in [-0.1, -0.05) is 60.7 Å². The van der Waals surface area contributed by atoms with Crippen molar-refractivity contribution in [1.82, 2.24) is 9.97 Å². The number of halogens is 2. The molecule has 0 saturated carbocycles. The van der Waals surface area contributed by atoms with E-state index in [1.165, 1.54) is 20.9 Å². The fraction of sp³-hybridized carbons (Fsp3) is 0.250. The Morgan fingerprint density at radius 1 is 0.632 bits per heavy atom. The van der Waals surface area contributed by atoms with Gasteiger partial charge in [-0.2, -0.15) is 16.8 Å². The molecule has 0 aliphatic carbocycles. The first-order chi connectivity index (χ1) is 18.0. The van der Waals surface area contributed by atoms with Gasteiger partial charge in [-0.25, -0.2) is 9.97 Å². The topological polar surface area (TPSA) is 135 Å². The number of aryl methyl sites for hydroxylation is 2. The molecular weight excluding hydrogens is 611 g/mol. The molecule has 2 aromatic heterocycles. The number of aromatic nitrogens is 2. The third-order valence-electron chi connectivity index (χ3n) is 4.62. The lowest BCUT2D eigenvalue weighted by Gasteiger charge is -1.99. The van der Waals surface area contributed by atoms with Gasteiger partial charge in [0, 0.05) is 32.6 Å². The van der Waals surface area contributed by atoms with E-state index in [0.29, 0.717) is 11.8 Å². The van der Waals surface area contributed by atoms with Crippen molar-refractivity contribution in [2.75, 3.05) is 23.3 Å². The lowest BCUT2D eigenvalue weighted by atomic mass is 10.1. The van der Waals surface area contributed by atoms with Crippen molar-refractivity contribution >= 4 is 66.1 Å². The van der Waals surface area contributed by atoms with Gasteiger partial charge in [0.2, 0.25) is 0 Å². The molecule has 0 saturated heterocycles. The summed E-state index contributed by atoms with van der Waals surface area (Å²) < 4.78 is 55.4. The molecule has 0 fully saturated rings. The molecule has 2 N–H and O–H groups in total. The molecule has 4 aromatic rings. The van der Waals surface area contributed by atoms with Crippen LogP contribution in [0.4, 0.5) is 0 Å². The van der Waals surface area contributed by atoms with Crippen LogP contribution in [0, 0.1) is 0 Å². The van der Waals surface area contributed by atoms with Gasteiger partial charge in [0.05, 0.1) is 33.9 Å².